The van der Waals surface area contributed by atoms with Crippen molar-refractivity contribution in [3.8, 4) is 0 Å². The number of hydrogen-bond donors (Lipinski definition) is 0. The van der Waals surface area contributed by atoms with Gasteiger partial charge in [-0.2, -0.15) is 0 Å². The Labute approximate surface area is 103 Å². The van der Waals surface area contributed by atoms with Gasteiger partial charge < -0.3 is 4.42 Å². The predicted octanol–water partition coefficient (Wildman–Crippen LogP) is 4.64. The van der Waals surface area contributed by atoms with Crippen LogP contribution in [0.1, 0.15) is 43.9 Å². The predicted molar refractivity (Wildman–Crippen MR) is 67.5 cm³/mol. The van der Waals surface area contributed by atoms with Crippen molar-refractivity contribution in [3.63, 3.8) is 0 Å². The number of fused-ring (bicyclic) bond motifs is 1. The molecule has 1 aliphatic carbocycles. The Kier molecular flexibility index (Phi) is 2.72. The summed E-state index contributed by atoms with van der Waals surface area (Å²) in [4.78, 5) is 4.59. The monoisotopic (exact) mass is 279 g/mol. The minimum atomic E-state index is 0.542. The molecule has 1 aromatic carbocycles. The largest absolute Gasteiger partial charge is 0.440 e. The van der Waals surface area contributed by atoms with Crippen molar-refractivity contribution in [1.82, 2.24) is 4.98 Å². The van der Waals surface area contributed by atoms with Gasteiger partial charge in [0.2, 0.25) is 0 Å². The average Bonchev–Trinajstić information content (AvgIpc) is 2.73. The molecule has 0 bridgehead atoms. The maximum Gasteiger partial charge on any atom is 0.198 e. The first kappa shape index (κ1) is 10.3. The van der Waals surface area contributed by atoms with E-state index >= 15 is 0 Å². The van der Waals surface area contributed by atoms with Gasteiger partial charge in [0, 0.05) is 10.4 Å². The number of rotatable bonds is 1. The van der Waals surface area contributed by atoms with Crippen LogP contribution < -0.4 is 0 Å². The van der Waals surface area contributed by atoms with Gasteiger partial charge in [-0.1, -0.05) is 35.2 Å². The summed E-state index contributed by atoms with van der Waals surface area (Å²) >= 11 is 3.45. The molecule has 0 atom stereocenters. The van der Waals surface area contributed by atoms with Crippen LogP contribution in [0.4, 0.5) is 0 Å². The van der Waals surface area contributed by atoms with Crippen LogP contribution in [0.25, 0.3) is 11.1 Å². The average molecular weight is 280 g/mol. The second kappa shape index (κ2) is 4.21. The van der Waals surface area contributed by atoms with Crippen LogP contribution in [0.2, 0.25) is 0 Å². The van der Waals surface area contributed by atoms with E-state index in [0.29, 0.717) is 5.92 Å². The zero-order chi connectivity index (χ0) is 11.0. The molecular formula is C13H14BrNO. The van der Waals surface area contributed by atoms with Gasteiger partial charge in [-0.15, -0.1) is 0 Å². The third-order valence-corrected chi connectivity index (χ3v) is 3.81. The van der Waals surface area contributed by atoms with E-state index in [0.717, 1.165) is 21.5 Å². The second-order valence-corrected chi connectivity index (χ2v) is 5.41. The number of benzene rings is 1. The smallest absolute Gasteiger partial charge is 0.198 e. The van der Waals surface area contributed by atoms with Crippen molar-refractivity contribution in [2.45, 2.75) is 38.0 Å². The first-order chi connectivity index (χ1) is 7.83. The summed E-state index contributed by atoms with van der Waals surface area (Å²) < 4.78 is 6.89. The lowest BCUT2D eigenvalue weighted by atomic mass is 9.89. The molecule has 1 aromatic heterocycles. The summed E-state index contributed by atoms with van der Waals surface area (Å²) in [5.74, 6) is 1.48. The van der Waals surface area contributed by atoms with Crippen molar-refractivity contribution in [2.75, 3.05) is 0 Å². The van der Waals surface area contributed by atoms with E-state index in [1.165, 1.54) is 32.1 Å². The molecule has 0 saturated heterocycles. The second-order valence-electron chi connectivity index (χ2n) is 4.50. The zero-order valence-electron chi connectivity index (χ0n) is 9.08. The molecule has 0 unspecified atom stereocenters. The van der Waals surface area contributed by atoms with Crippen LogP contribution in [-0.4, -0.2) is 4.98 Å². The molecule has 0 amide bonds. The molecule has 0 N–H and O–H groups in total. The van der Waals surface area contributed by atoms with Gasteiger partial charge in [-0.3, -0.25) is 0 Å². The Hall–Kier alpha value is -0.830. The maximum absolute atomic E-state index is 5.85. The number of aromatic nitrogens is 1. The van der Waals surface area contributed by atoms with E-state index in [-0.39, 0.29) is 0 Å². The summed E-state index contributed by atoms with van der Waals surface area (Å²) in [6.07, 6.45) is 6.45. The van der Waals surface area contributed by atoms with Gasteiger partial charge in [-0.05, 0) is 31.0 Å². The minimum absolute atomic E-state index is 0.542. The Balaban J connectivity index is 1.97. The van der Waals surface area contributed by atoms with Crippen molar-refractivity contribution in [1.29, 1.82) is 0 Å². The van der Waals surface area contributed by atoms with Crippen molar-refractivity contribution >= 4 is 27.0 Å². The topological polar surface area (TPSA) is 26.0 Å². The summed E-state index contributed by atoms with van der Waals surface area (Å²) in [6, 6.07) is 6.01. The van der Waals surface area contributed by atoms with Crippen LogP contribution in [0.5, 0.6) is 0 Å². The van der Waals surface area contributed by atoms with E-state index in [1.807, 2.05) is 18.2 Å². The fourth-order valence-corrected chi connectivity index (χ4v) is 2.78. The fraction of sp³-hybridized carbons (Fsp3) is 0.462. The van der Waals surface area contributed by atoms with E-state index in [4.69, 9.17) is 4.42 Å². The number of hydrogen-bond acceptors (Lipinski definition) is 2. The van der Waals surface area contributed by atoms with Crippen LogP contribution in [0, 0.1) is 0 Å². The third kappa shape index (κ3) is 1.88. The molecule has 2 aromatic rings. The highest BCUT2D eigenvalue weighted by Crippen LogP contribution is 2.34. The van der Waals surface area contributed by atoms with E-state index < -0.39 is 0 Å². The Morgan fingerprint density at radius 3 is 2.81 bits per heavy atom. The van der Waals surface area contributed by atoms with Gasteiger partial charge in [0.25, 0.3) is 0 Å². The molecule has 1 aliphatic rings. The van der Waals surface area contributed by atoms with Crippen LogP contribution in [0.3, 0.4) is 0 Å². The summed E-state index contributed by atoms with van der Waals surface area (Å²) in [7, 11) is 0. The summed E-state index contributed by atoms with van der Waals surface area (Å²) in [5.41, 5.74) is 1.87. The lowest BCUT2D eigenvalue weighted by Gasteiger charge is -2.17. The van der Waals surface area contributed by atoms with Crippen LogP contribution >= 0.6 is 15.9 Å². The molecule has 1 heterocycles. The molecule has 0 spiro atoms. The van der Waals surface area contributed by atoms with Gasteiger partial charge in [0.05, 0.1) is 0 Å². The molecule has 84 valence electrons. The highest BCUT2D eigenvalue weighted by molar-refractivity contribution is 9.10. The van der Waals surface area contributed by atoms with Gasteiger partial charge in [-0.25, -0.2) is 4.98 Å². The SMILES string of the molecule is Brc1ccc2nc(C3CCCCC3)oc2c1. The van der Waals surface area contributed by atoms with Crippen LogP contribution in [-0.2, 0) is 0 Å². The molecule has 0 radical (unpaired) electrons. The number of halogens is 1. The molecule has 2 nitrogen and oxygen atoms in total. The normalized spacial score (nSPS) is 18.1. The molecular weight excluding hydrogens is 266 g/mol. The number of oxazole rings is 1. The highest BCUT2D eigenvalue weighted by atomic mass is 79.9. The van der Waals surface area contributed by atoms with E-state index in [2.05, 4.69) is 20.9 Å². The number of nitrogens with zero attached hydrogens (tertiary/aromatic N) is 1. The molecule has 3 rings (SSSR count). The molecule has 1 saturated carbocycles. The lowest BCUT2D eigenvalue weighted by molar-refractivity contribution is 0.373. The Morgan fingerprint density at radius 1 is 1.19 bits per heavy atom. The summed E-state index contributed by atoms with van der Waals surface area (Å²) in [5, 5.41) is 0. The minimum Gasteiger partial charge on any atom is -0.440 e. The highest BCUT2D eigenvalue weighted by Gasteiger charge is 2.20. The quantitative estimate of drug-likeness (QED) is 0.760. The van der Waals surface area contributed by atoms with Gasteiger partial charge in [0.1, 0.15) is 5.52 Å². The van der Waals surface area contributed by atoms with Gasteiger partial charge >= 0.3 is 0 Å². The Morgan fingerprint density at radius 2 is 2.00 bits per heavy atom. The molecule has 3 heteroatoms. The molecule has 16 heavy (non-hydrogen) atoms. The third-order valence-electron chi connectivity index (χ3n) is 3.32. The van der Waals surface area contributed by atoms with Crippen molar-refractivity contribution in [3.05, 3.63) is 28.6 Å². The first-order valence-corrected chi connectivity index (χ1v) is 6.68. The van der Waals surface area contributed by atoms with Crippen LogP contribution in [0.15, 0.2) is 27.1 Å². The van der Waals surface area contributed by atoms with Gasteiger partial charge in [0.15, 0.2) is 11.5 Å². The Bertz CT molecular complexity index is 500. The van der Waals surface area contributed by atoms with Crippen molar-refractivity contribution < 1.29 is 4.42 Å². The first-order valence-electron chi connectivity index (χ1n) is 5.89. The zero-order valence-corrected chi connectivity index (χ0v) is 10.7. The van der Waals surface area contributed by atoms with E-state index in [1.54, 1.807) is 0 Å². The molecule has 0 aliphatic heterocycles. The van der Waals surface area contributed by atoms with E-state index in [9.17, 15) is 0 Å². The maximum atomic E-state index is 5.85. The lowest BCUT2D eigenvalue weighted by Crippen LogP contribution is -2.04. The molecule has 1 fully saturated rings. The van der Waals surface area contributed by atoms with Crippen molar-refractivity contribution in [2.24, 2.45) is 0 Å². The fourth-order valence-electron chi connectivity index (χ4n) is 2.44. The standard InChI is InChI=1S/C13H14BrNO/c14-10-6-7-11-12(8-10)16-13(15-11)9-4-2-1-3-5-9/h6-9H,1-5H2. The summed E-state index contributed by atoms with van der Waals surface area (Å²) in [6.45, 7) is 0.